The molecule has 3 aliphatic rings. The standard InChI is InChI=1S/C29H37N5O6.C20H21N3O7S/c1-20(2)39-27(35)21(3)33-15-13-32(14-16-33)17-25-18-34(29(37)40-25)24-11-9-23(10-12-24)26(30)31-28(36)38-19-22-7-5-4-6-8-22;1-31(26,27)29-13-17-11-23(20(25)30-17)16-9-7-15(8-10-16)18(21)22-19(24)28-12-14-5-3-2-4-6-14/h4-12,20-21,25H,13-19H2,1-3H3,(H2,30,31,36);2-10,17H,11-13H2,1H3,(H2,21,22,24). The van der Waals surface area contributed by atoms with Crippen molar-refractivity contribution in [2.24, 2.45) is 0 Å². The van der Waals surface area contributed by atoms with Gasteiger partial charge in [0.15, 0.2) is 0 Å². The van der Waals surface area contributed by atoms with Crippen LogP contribution < -0.4 is 20.4 Å². The van der Waals surface area contributed by atoms with Crippen molar-refractivity contribution in [2.75, 3.05) is 68.5 Å². The molecular weight excluding hydrogens is 941 g/mol. The van der Waals surface area contributed by atoms with Crippen molar-refractivity contribution >= 4 is 63.5 Å². The van der Waals surface area contributed by atoms with Gasteiger partial charge in [-0.25, -0.2) is 19.2 Å². The number of benzene rings is 4. The molecule has 0 bridgehead atoms. The minimum atomic E-state index is -3.63. The maximum atomic E-state index is 12.6. The van der Waals surface area contributed by atoms with Crippen molar-refractivity contribution in [3.8, 4) is 0 Å². The molecule has 3 heterocycles. The molecular formula is C49H58N8O13S. The lowest BCUT2D eigenvalue weighted by Crippen LogP contribution is -2.53. The molecule has 4 aromatic rings. The summed E-state index contributed by atoms with van der Waals surface area (Å²) in [5.74, 6) is -0.464. The molecule has 21 nitrogen and oxygen atoms in total. The number of amidine groups is 2. The average Bonchev–Trinajstić information content (AvgIpc) is 3.92. The fraction of sp³-hybridized carbons (Fsp3) is 0.367. The minimum absolute atomic E-state index is 0.0835. The van der Waals surface area contributed by atoms with Gasteiger partial charge in [-0.2, -0.15) is 8.42 Å². The fourth-order valence-corrected chi connectivity index (χ4v) is 7.83. The predicted molar refractivity (Wildman–Crippen MR) is 261 cm³/mol. The topological polar surface area (TPSA) is 260 Å². The zero-order valence-electron chi connectivity index (χ0n) is 39.8. The molecule has 7 rings (SSSR count). The van der Waals surface area contributed by atoms with Gasteiger partial charge < -0.3 is 23.7 Å². The number of anilines is 2. The van der Waals surface area contributed by atoms with Crippen molar-refractivity contribution in [1.29, 1.82) is 10.8 Å². The number of alkyl carbamates (subject to hydrolysis) is 2. The van der Waals surface area contributed by atoms with Gasteiger partial charge in [-0.3, -0.25) is 50.0 Å². The molecule has 0 aromatic heterocycles. The molecule has 0 aliphatic carbocycles. The summed E-state index contributed by atoms with van der Waals surface area (Å²) in [5, 5.41) is 21.0. The summed E-state index contributed by atoms with van der Waals surface area (Å²) < 4.78 is 53.1. The van der Waals surface area contributed by atoms with Gasteiger partial charge in [-0.05, 0) is 80.4 Å². The van der Waals surface area contributed by atoms with Crippen LogP contribution in [-0.2, 0) is 56.0 Å². The van der Waals surface area contributed by atoms with Gasteiger partial charge in [0, 0.05) is 55.2 Å². The van der Waals surface area contributed by atoms with Crippen molar-refractivity contribution in [3.05, 3.63) is 131 Å². The molecule has 0 radical (unpaired) electrons. The smallest absolute Gasteiger partial charge is 0.414 e. The van der Waals surface area contributed by atoms with Crippen LogP contribution in [0.4, 0.5) is 30.6 Å². The van der Waals surface area contributed by atoms with Gasteiger partial charge in [0.25, 0.3) is 10.1 Å². The summed E-state index contributed by atoms with van der Waals surface area (Å²) in [5.41, 5.74) is 3.71. The van der Waals surface area contributed by atoms with E-state index in [-0.39, 0.29) is 62.3 Å². The highest BCUT2D eigenvalue weighted by molar-refractivity contribution is 7.86. The number of esters is 1. The summed E-state index contributed by atoms with van der Waals surface area (Å²) in [6.07, 6.45) is -2.73. The molecule has 3 atom stereocenters. The fourth-order valence-electron chi connectivity index (χ4n) is 7.43. The highest BCUT2D eigenvalue weighted by Crippen LogP contribution is 2.25. The molecule has 3 aliphatic heterocycles. The first-order chi connectivity index (χ1) is 33.9. The van der Waals surface area contributed by atoms with E-state index < -0.39 is 40.6 Å². The van der Waals surface area contributed by atoms with E-state index in [1.807, 2.05) is 81.4 Å². The van der Waals surface area contributed by atoms with E-state index in [0.29, 0.717) is 35.6 Å². The number of amides is 4. The normalized spacial score (nSPS) is 17.5. The van der Waals surface area contributed by atoms with Crippen LogP contribution in [0.1, 0.15) is 43.0 Å². The highest BCUT2D eigenvalue weighted by atomic mass is 32.2. The third-order valence-corrected chi connectivity index (χ3v) is 11.7. The van der Waals surface area contributed by atoms with Crippen molar-refractivity contribution in [1.82, 2.24) is 20.4 Å². The third kappa shape index (κ3) is 16.3. The van der Waals surface area contributed by atoms with Crippen molar-refractivity contribution < 1.29 is 60.3 Å². The SMILES string of the molecule is CC(C)OC(=O)C(C)N1CCN(CC2CN(c3ccc(C(=N)NC(=O)OCc4ccccc4)cc3)C(=O)O2)CC1.CS(=O)(=O)OCC1CN(c2ccc(C(=N)NC(=O)OCc3ccccc3)cc2)C(=O)O1. The second-order valence-electron chi connectivity index (χ2n) is 16.9. The number of nitrogens with zero attached hydrogens (tertiary/aromatic N) is 4. The molecule has 0 saturated carbocycles. The van der Waals surface area contributed by atoms with Gasteiger partial charge in [-0.1, -0.05) is 60.7 Å². The number of nitrogens with one attached hydrogen (secondary N) is 4. The van der Waals surface area contributed by atoms with Crippen LogP contribution >= 0.6 is 0 Å². The van der Waals surface area contributed by atoms with E-state index in [9.17, 15) is 32.4 Å². The molecule has 4 amide bonds. The molecule has 71 heavy (non-hydrogen) atoms. The van der Waals surface area contributed by atoms with E-state index in [1.165, 1.54) is 4.90 Å². The largest absolute Gasteiger partial charge is 0.462 e. The second-order valence-corrected chi connectivity index (χ2v) is 18.6. The Labute approximate surface area is 412 Å². The van der Waals surface area contributed by atoms with Crippen LogP contribution in [0.2, 0.25) is 0 Å². The predicted octanol–water partition coefficient (Wildman–Crippen LogP) is 5.46. The Morgan fingerprint density at radius 1 is 0.662 bits per heavy atom. The lowest BCUT2D eigenvalue weighted by molar-refractivity contribution is -0.154. The number of ether oxygens (including phenoxy) is 5. The third-order valence-electron chi connectivity index (χ3n) is 11.1. The van der Waals surface area contributed by atoms with E-state index in [1.54, 1.807) is 53.4 Å². The zero-order valence-corrected chi connectivity index (χ0v) is 40.6. The van der Waals surface area contributed by atoms with Crippen molar-refractivity contribution in [2.45, 2.75) is 58.3 Å². The number of cyclic esters (lactones) is 2. The molecule has 22 heteroatoms. The lowest BCUT2D eigenvalue weighted by Gasteiger charge is -2.37. The lowest BCUT2D eigenvalue weighted by atomic mass is 10.1. The van der Waals surface area contributed by atoms with E-state index in [2.05, 4.69) is 24.6 Å². The first kappa shape index (κ1) is 53.0. The number of hydrogen-bond donors (Lipinski definition) is 4. The van der Waals surface area contributed by atoms with Crippen LogP contribution in [0.3, 0.4) is 0 Å². The van der Waals surface area contributed by atoms with Crippen LogP contribution in [0, 0.1) is 10.8 Å². The molecule has 0 spiro atoms. The Morgan fingerprint density at radius 2 is 1.10 bits per heavy atom. The van der Waals surface area contributed by atoms with Crippen LogP contribution in [-0.4, -0.2) is 143 Å². The number of hydrogen-bond acceptors (Lipinski definition) is 17. The monoisotopic (exact) mass is 998 g/mol. The van der Waals surface area contributed by atoms with Gasteiger partial charge in [0.05, 0.1) is 25.4 Å². The van der Waals surface area contributed by atoms with E-state index >= 15 is 0 Å². The number of rotatable bonds is 16. The molecule has 3 saturated heterocycles. The first-order valence-corrected chi connectivity index (χ1v) is 24.5. The molecule has 3 unspecified atom stereocenters. The summed E-state index contributed by atoms with van der Waals surface area (Å²) >= 11 is 0. The number of carbonyl (C=O) groups is 5. The molecule has 4 N–H and O–H groups in total. The molecule has 378 valence electrons. The summed E-state index contributed by atoms with van der Waals surface area (Å²) in [4.78, 5) is 68.1. The second kappa shape index (κ2) is 24.9. The molecule has 3 fully saturated rings. The average molecular weight is 999 g/mol. The van der Waals surface area contributed by atoms with Crippen LogP contribution in [0.25, 0.3) is 0 Å². The summed E-state index contributed by atoms with van der Waals surface area (Å²) in [6, 6.07) is 31.2. The van der Waals surface area contributed by atoms with E-state index in [4.69, 9.17) is 34.5 Å². The Morgan fingerprint density at radius 3 is 1.54 bits per heavy atom. The highest BCUT2D eigenvalue weighted by Gasteiger charge is 2.36. The summed E-state index contributed by atoms with van der Waals surface area (Å²) in [7, 11) is -3.63. The Bertz CT molecular complexity index is 2600. The van der Waals surface area contributed by atoms with Gasteiger partial charge in [0.2, 0.25) is 0 Å². The first-order valence-electron chi connectivity index (χ1n) is 22.7. The van der Waals surface area contributed by atoms with E-state index in [0.717, 1.165) is 43.6 Å². The zero-order chi connectivity index (χ0) is 51.1. The maximum Gasteiger partial charge on any atom is 0.414 e. The van der Waals surface area contributed by atoms with Crippen LogP contribution in [0.5, 0.6) is 0 Å². The number of piperazine rings is 1. The quantitative estimate of drug-likeness (QED) is 0.0357. The van der Waals surface area contributed by atoms with Gasteiger partial charge in [0.1, 0.15) is 49.7 Å². The Hall–Kier alpha value is -7.40. The van der Waals surface area contributed by atoms with Gasteiger partial charge >= 0.3 is 30.3 Å². The molecule has 4 aromatic carbocycles. The minimum Gasteiger partial charge on any atom is -0.462 e. The van der Waals surface area contributed by atoms with Gasteiger partial charge in [-0.15, -0.1) is 0 Å². The van der Waals surface area contributed by atoms with Crippen LogP contribution in [0.15, 0.2) is 109 Å². The number of carbonyl (C=O) groups excluding carboxylic acids is 5. The Balaban J connectivity index is 0.000000240. The Kier molecular flexibility index (Phi) is 18.6. The van der Waals surface area contributed by atoms with Crippen molar-refractivity contribution in [3.63, 3.8) is 0 Å². The maximum absolute atomic E-state index is 12.6. The summed E-state index contributed by atoms with van der Waals surface area (Å²) in [6.45, 7) is 9.65.